The predicted molar refractivity (Wildman–Crippen MR) is 44.7 cm³/mol. The third-order valence-electron chi connectivity index (χ3n) is 1.40. The molecule has 0 aliphatic rings. The summed E-state index contributed by atoms with van der Waals surface area (Å²) in [7, 11) is 0. The van der Waals surface area contributed by atoms with Gasteiger partial charge in [0.05, 0.1) is 0 Å². The molecule has 0 rings (SSSR count). The summed E-state index contributed by atoms with van der Waals surface area (Å²) in [4.78, 5) is 21.6. The van der Waals surface area contributed by atoms with Gasteiger partial charge in [-0.15, -0.1) is 0 Å². The molecule has 0 fully saturated rings. The summed E-state index contributed by atoms with van der Waals surface area (Å²) >= 11 is 0. The summed E-state index contributed by atoms with van der Waals surface area (Å²) in [6, 6.07) is -0.822. The first kappa shape index (κ1) is 15.0. The minimum absolute atomic E-state index is 0. The standard InChI is InChI=1S/C8H15NO3.V/c1-5(6(10)11)9-7(12)8(2,3)4;/h5H,1-4H3,(H,9,12)(H,10,11);/t5-;/m1./s1. The van der Waals surface area contributed by atoms with Crippen LogP contribution in [0.15, 0.2) is 0 Å². The molecule has 2 N–H and O–H groups in total. The van der Waals surface area contributed by atoms with E-state index >= 15 is 0 Å². The van der Waals surface area contributed by atoms with E-state index in [2.05, 4.69) is 5.32 Å². The zero-order valence-corrected chi connectivity index (χ0v) is 9.68. The van der Waals surface area contributed by atoms with E-state index in [-0.39, 0.29) is 24.5 Å². The van der Waals surface area contributed by atoms with Gasteiger partial charge < -0.3 is 10.4 Å². The number of rotatable bonds is 2. The minimum Gasteiger partial charge on any atom is -0.480 e. The Balaban J connectivity index is 0. The van der Waals surface area contributed by atoms with Gasteiger partial charge in [-0.25, -0.2) is 0 Å². The number of hydrogen-bond acceptors (Lipinski definition) is 2. The van der Waals surface area contributed by atoms with Crippen LogP contribution < -0.4 is 5.32 Å². The van der Waals surface area contributed by atoms with E-state index in [1.807, 2.05) is 0 Å². The Morgan fingerprint density at radius 3 is 1.92 bits per heavy atom. The van der Waals surface area contributed by atoms with Crippen LogP contribution in [0.2, 0.25) is 0 Å². The molecule has 0 saturated heterocycles. The molecule has 1 radical (unpaired) electrons. The molecule has 0 aromatic rings. The zero-order valence-electron chi connectivity index (χ0n) is 8.29. The van der Waals surface area contributed by atoms with Gasteiger partial charge in [0, 0.05) is 24.0 Å². The molecule has 4 nitrogen and oxygen atoms in total. The molecule has 0 saturated carbocycles. The van der Waals surface area contributed by atoms with Gasteiger partial charge in [0.2, 0.25) is 5.91 Å². The number of carboxylic acid groups (broad SMARTS) is 1. The van der Waals surface area contributed by atoms with Crippen molar-refractivity contribution in [3.63, 3.8) is 0 Å². The second kappa shape index (κ2) is 5.30. The fourth-order valence-electron chi connectivity index (χ4n) is 0.475. The first-order chi connectivity index (χ1) is 5.25. The summed E-state index contributed by atoms with van der Waals surface area (Å²) in [6.45, 7) is 6.64. The maximum atomic E-state index is 11.2. The molecule has 0 aromatic carbocycles. The van der Waals surface area contributed by atoms with E-state index in [0.717, 1.165) is 0 Å². The van der Waals surface area contributed by atoms with Crippen LogP contribution in [-0.2, 0) is 28.1 Å². The Hall–Kier alpha value is -0.476. The molecule has 0 aromatic heterocycles. The van der Waals surface area contributed by atoms with E-state index in [9.17, 15) is 9.59 Å². The van der Waals surface area contributed by atoms with Crippen LogP contribution in [0.5, 0.6) is 0 Å². The van der Waals surface area contributed by atoms with Crippen LogP contribution in [-0.4, -0.2) is 23.0 Å². The molecule has 0 unspecified atom stereocenters. The van der Waals surface area contributed by atoms with Gasteiger partial charge in [0.25, 0.3) is 0 Å². The van der Waals surface area contributed by atoms with Gasteiger partial charge in [-0.05, 0) is 6.92 Å². The molecule has 0 heterocycles. The zero-order chi connectivity index (χ0) is 9.94. The normalized spacial score (nSPS) is 12.6. The molecule has 75 valence electrons. The van der Waals surface area contributed by atoms with Gasteiger partial charge >= 0.3 is 5.97 Å². The predicted octanol–water partition coefficient (Wildman–Crippen LogP) is 0.619. The number of carboxylic acids is 1. The quantitative estimate of drug-likeness (QED) is 0.722. The summed E-state index contributed by atoms with van der Waals surface area (Å²) < 4.78 is 0. The van der Waals surface area contributed by atoms with Gasteiger partial charge in [-0.1, -0.05) is 20.8 Å². The van der Waals surface area contributed by atoms with Crippen LogP contribution in [0.3, 0.4) is 0 Å². The second-order valence-electron chi connectivity index (χ2n) is 3.78. The largest absolute Gasteiger partial charge is 0.480 e. The minimum atomic E-state index is -1.02. The van der Waals surface area contributed by atoms with Crippen LogP contribution >= 0.6 is 0 Å². The third kappa shape index (κ3) is 5.72. The van der Waals surface area contributed by atoms with Gasteiger partial charge in [-0.3, -0.25) is 9.59 Å². The van der Waals surface area contributed by atoms with Crippen molar-refractivity contribution < 1.29 is 33.3 Å². The fourth-order valence-corrected chi connectivity index (χ4v) is 0.475. The van der Waals surface area contributed by atoms with Crippen molar-refractivity contribution in [1.29, 1.82) is 0 Å². The number of hydrogen-bond donors (Lipinski definition) is 2. The van der Waals surface area contributed by atoms with E-state index in [4.69, 9.17) is 5.11 Å². The first-order valence-corrected chi connectivity index (χ1v) is 3.79. The molecule has 1 atom stereocenters. The van der Waals surface area contributed by atoms with Gasteiger partial charge in [0.1, 0.15) is 6.04 Å². The van der Waals surface area contributed by atoms with E-state index in [1.54, 1.807) is 20.8 Å². The maximum Gasteiger partial charge on any atom is 0.325 e. The van der Waals surface area contributed by atoms with Crippen LogP contribution in [0.1, 0.15) is 27.7 Å². The van der Waals surface area contributed by atoms with Crippen LogP contribution in [0, 0.1) is 5.41 Å². The molecule has 1 amide bonds. The topological polar surface area (TPSA) is 66.4 Å². The van der Waals surface area contributed by atoms with Crippen molar-refractivity contribution in [1.82, 2.24) is 5.32 Å². The SMILES string of the molecule is C[C@@H](NC(=O)C(C)(C)C)C(=O)O.[V]. The number of aliphatic carboxylic acids is 1. The average Bonchev–Trinajstić information content (AvgIpc) is 1.85. The number of carbonyl (C=O) groups excluding carboxylic acids is 1. The number of nitrogens with one attached hydrogen (secondary N) is 1. The van der Waals surface area contributed by atoms with E-state index in [0.29, 0.717) is 0 Å². The maximum absolute atomic E-state index is 11.2. The Morgan fingerprint density at radius 1 is 1.31 bits per heavy atom. The van der Waals surface area contributed by atoms with Crippen LogP contribution in [0.4, 0.5) is 0 Å². The van der Waals surface area contributed by atoms with E-state index < -0.39 is 17.4 Å². The van der Waals surface area contributed by atoms with Crippen molar-refractivity contribution in [2.75, 3.05) is 0 Å². The first-order valence-electron chi connectivity index (χ1n) is 3.79. The van der Waals surface area contributed by atoms with Crippen molar-refractivity contribution in [3.05, 3.63) is 0 Å². The summed E-state index contributed by atoms with van der Waals surface area (Å²) in [6.07, 6.45) is 0. The monoisotopic (exact) mass is 224 g/mol. The average molecular weight is 224 g/mol. The van der Waals surface area contributed by atoms with Crippen molar-refractivity contribution in [3.8, 4) is 0 Å². The fraction of sp³-hybridized carbons (Fsp3) is 0.750. The molecule has 0 aliphatic carbocycles. The van der Waals surface area contributed by atoms with Crippen molar-refractivity contribution >= 4 is 11.9 Å². The molecular formula is C8H15NO3V. The summed E-state index contributed by atoms with van der Waals surface area (Å²) in [5.74, 6) is -1.27. The Bertz CT molecular complexity index is 198. The van der Waals surface area contributed by atoms with Crippen molar-refractivity contribution in [2.45, 2.75) is 33.7 Å². The Kier molecular flexibility index (Phi) is 6.12. The molecule has 0 aliphatic heterocycles. The van der Waals surface area contributed by atoms with Gasteiger partial charge in [-0.2, -0.15) is 0 Å². The van der Waals surface area contributed by atoms with Gasteiger partial charge in [0.15, 0.2) is 0 Å². The number of carbonyl (C=O) groups is 2. The Labute approximate surface area is 90.0 Å². The molecule has 0 spiro atoms. The smallest absolute Gasteiger partial charge is 0.325 e. The second-order valence-corrected chi connectivity index (χ2v) is 3.78. The number of amides is 1. The van der Waals surface area contributed by atoms with Crippen LogP contribution in [0.25, 0.3) is 0 Å². The molecule has 5 heteroatoms. The molecular weight excluding hydrogens is 209 g/mol. The van der Waals surface area contributed by atoms with Crippen molar-refractivity contribution in [2.24, 2.45) is 5.41 Å². The van der Waals surface area contributed by atoms with E-state index in [1.165, 1.54) is 6.92 Å². The summed E-state index contributed by atoms with van der Waals surface area (Å²) in [5.41, 5.74) is -0.538. The molecule has 0 bridgehead atoms. The Morgan fingerprint density at radius 2 is 1.69 bits per heavy atom. The molecule has 13 heavy (non-hydrogen) atoms. The third-order valence-corrected chi connectivity index (χ3v) is 1.40. The summed E-state index contributed by atoms with van der Waals surface area (Å²) in [5, 5.41) is 10.9.